The van der Waals surface area contributed by atoms with E-state index in [-0.39, 0.29) is 18.1 Å². The van der Waals surface area contributed by atoms with Crippen LogP contribution in [0.3, 0.4) is 0 Å². The van der Waals surface area contributed by atoms with E-state index in [0.29, 0.717) is 51.9 Å². The summed E-state index contributed by atoms with van der Waals surface area (Å²) >= 11 is 0. The molecular formula is C20H18FN7O2. The van der Waals surface area contributed by atoms with Crippen molar-refractivity contribution >= 4 is 17.7 Å². The summed E-state index contributed by atoms with van der Waals surface area (Å²) in [5, 5.41) is 6.00. The Morgan fingerprint density at radius 3 is 2.90 bits per heavy atom. The van der Waals surface area contributed by atoms with E-state index in [2.05, 4.69) is 30.6 Å². The van der Waals surface area contributed by atoms with E-state index in [1.54, 1.807) is 19.2 Å². The number of halogens is 1. The Morgan fingerprint density at radius 2 is 2.07 bits per heavy atom. The number of hydrogen-bond acceptors (Lipinski definition) is 8. The van der Waals surface area contributed by atoms with Crippen molar-refractivity contribution in [3.05, 3.63) is 52.7 Å². The zero-order valence-electron chi connectivity index (χ0n) is 16.2. The van der Waals surface area contributed by atoms with Gasteiger partial charge >= 0.3 is 0 Å². The number of hydrogen-bond donors (Lipinski definition) is 3. The molecule has 4 heterocycles. The monoisotopic (exact) mass is 407 g/mol. The number of nitrogen functional groups attached to an aromatic ring is 1. The van der Waals surface area contributed by atoms with E-state index < -0.39 is 11.9 Å². The second-order valence-corrected chi connectivity index (χ2v) is 7.26. The van der Waals surface area contributed by atoms with Crippen molar-refractivity contribution in [2.45, 2.75) is 32.5 Å². The first-order chi connectivity index (χ1) is 14.4. The van der Waals surface area contributed by atoms with Crippen LogP contribution in [0.1, 0.15) is 40.3 Å². The topological polar surface area (TPSA) is 128 Å². The summed E-state index contributed by atoms with van der Waals surface area (Å²) in [5.74, 6) is 0.280. The first-order valence-electron chi connectivity index (χ1n) is 9.43. The summed E-state index contributed by atoms with van der Waals surface area (Å²) in [4.78, 5) is 29.9. The minimum Gasteiger partial charge on any atom is -0.451 e. The molecule has 0 spiro atoms. The molecule has 0 radical (unpaired) electrons. The molecule has 2 aromatic heterocycles. The number of rotatable bonds is 2. The number of aromatic nitrogens is 4. The van der Waals surface area contributed by atoms with Gasteiger partial charge in [0.1, 0.15) is 5.82 Å². The van der Waals surface area contributed by atoms with Crippen LogP contribution in [0.5, 0.6) is 5.88 Å². The smallest absolute Gasteiger partial charge is 0.260 e. The molecule has 0 saturated heterocycles. The Bertz CT molecular complexity index is 1200. The highest BCUT2D eigenvalue weighted by Crippen LogP contribution is 2.35. The molecule has 2 atom stereocenters. The largest absolute Gasteiger partial charge is 0.451 e. The van der Waals surface area contributed by atoms with Crippen LogP contribution in [0.25, 0.3) is 11.3 Å². The molecule has 1 unspecified atom stereocenters. The molecule has 0 aliphatic carbocycles. The number of amides is 1. The average Bonchev–Trinajstić information content (AvgIpc) is 3.06. The van der Waals surface area contributed by atoms with E-state index in [1.807, 2.05) is 6.92 Å². The highest BCUT2D eigenvalue weighted by molar-refractivity contribution is 5.98. The van der Waals surface area contributed by atoms with Crippen LogP contribution in [-0.4, -0.2) is 32.1 Å². The van der Waals surface area contributed by atoms with Gasteiger partial charge in [-0.15, -0.1) is 0 Å². The van der Waals surface area contributed by atoms with E-state index in [1.165, 1.54) is 12.1 Å². The van der Waals surface area contributed by atoms with Crippen molar-refractivity contribution in [3.8, 4) is 17.1 Å². The number of benzene rings is 1. The standard InChI is InChI=1S/C20H18FN7O2/c1-8-16-14(28-20(22)24-8)6-13(26-18(16)29)11-4-3-10(21)5-12(11)15-7-23-17-19(27-15)30-9(2)25-17/h3-5,7,9,13H,6H2,1-2H3,(H,23,25)(H,26,29)(H2,22,24,28)/t9?,13-/m1/s1. The third kappa shape index (κ3) is 2.97. The molecule has 1 amide bonds. The minimum absolute atomic E-state index is 0.113. The van der Waals surface area contributed by atoms with Gasteiger partial charge in [0, 0.05) is 12.0 Å². The number of nitrogens with one attached hydrogen (secondary N) is 2. The van der Waals surface area contributed by atoms with Crippen LogP contribution in [0, 0.1) is 12.7 Å². The molecule has 0 saturated carbocycles. The molecule has 2 aliphatic rings. The fourth-order valence-electron chi connectivity index (χ4n) is 3.89. The van der Waals surface area contributed by atoms with E-state index in [0.717, 1.165) is 0 Å². The molecule has 152 valence electrons. The number of nitrogens with two attached hydrogens (primary N) is 1. The van der Waals surface area contributed by atoms with Gasteiger partial charge in [-0.1, -0.05) is 6.07 Å². The molecule has 5 rings (SSSR count). The molecule has 30 heavy (non-hydrogen) atoms. The maximum atomic E-state index is 14.1. The Kier molecular flexibility index (Phi) is 4.02. The summed E-state index contributed by atoms with van der Waals surface area (Å²) in [7, 11) is 0. The van der Waals surface area contributed by atoms with Gasteiger partial charge in [-0.05, 0) is 31.5 Å². The number of fused-ring (bicyclic) bond motifs is 2. The maximum Gasteiger partial charge on any atom is 0.260 e. The van der Waals surface area contributed by atoms with E-state index in [4.69, 9.17) is 10.5 Å². The number of carbonyl (C=O) groups excluding carboxylic acids is 1. The first-order valence-corrected chi connectivity index (χ1v) is 9.43. The van der Waals surface area contributed by atoms with Gasteiger partial charge in [-0.25, -0.2) is 24.3 Å². The third-order valence-corrected chi connectivity index (χ3v) is 5.15. The lowest BCUT2D eigenvalue weighted by atomic mass is 9.90. The number of carbonyl (C=O) groups is 1. The van der Waals surface area contributed by atoms with Crippen molar-refractivity contribution in [1.29, 1.82) is 0 Å². The molecule has 9 nitrogen and oxygen atoms in total. The lowest BCUT2D eigenvalue weighted by molar-refractivity contribution is 0.0922. The van der Waals surface area contributed by atoms with Crippen LogP contribution in [0.2, 0.25) is 0 Å². The molecule has 3 aromatic rings. The van der Waals surface area contributed by atoms with E-state index in [9.17, 15) is 9.18 Å². The van der Waals surface area contributed by atoms with Crippen LogP contribution >= 0.6 is 0 Å². The van der Waals surface area contributed by atoms with Crippen molar-refractivity contribution < 1.29 is 13.9 Å². The van der Waals surface area contributed by atoms with Crippen molar-refractivity contribution in [2.75, 3.05) is 11.1 Å². The van der Waals surface area contributed by atoms with Gasteiger partial charge in [-0.3, -0.25) is 4.79 Å². The highest BCUT2D eigenvalue weighted by Gasteiger charge is 2.31. The van der Waals surface area contributed by atoms with Crippen molar-refractivity contribution in [2.24, 2.45) is 0 Å². The summed E-state index contributed by atoms with van der Waals surface area (Å²) < 4.78 is 19.7. The van der Waals surface area contributed by atoms with Gasteiger partial charge < -0.3 is 21.1 Å². The second kappa shape index (κ2) is 6.61. The molecular weight excluding hydrogens is 389 g/mol. The van der Waals surface area contributed by atoms with Gasteiger partial charge in [0.15, 0.2) is 12.0 Å². The number of ether oxygens (including phenoxy) is 1. The fourth-order valence-corrected chi connectivity index (χ4v) is 3.89. The lowest BCUT2D eigenvalue weighted by Gasteiger charge is -2.27. The molecule has 10 heteroatoms. The van der Waals surface area contributed by atoms with Gasteiger partial charge in [0.25, 0.3) is 11.8 Å². The van der Waals surface area contributed by atoms with Crippen LogP contribution in [-0.2, 0) is 6.42 Å². The molecule has 0 fully saturated rings. The van der Waals surface area contributed by atoms with Crippen LogP contribution < -0.4 is 21.1 Å². The Balaban J connectivity index is 1.58. The summed E-state index contributed by atoms with van der Waals surface area (Å²) in [6, 6.07) is 3.91. The molecule has 1 aromatic carbocycles. The molecule has 4 N–H and O–H groups in total. The Hall–Kier alpha value is -3.82. The summed E-state index contributed by atoms with van der Waals surface area (Å²) in [6.07, 6.45) is 1.69. The van der Waals surface area contributed by atoms with Crippen LogP contribution in [0.15, 0.2) is 24.4 Å². The summed E-state index contributed by atoms with van der Waals surface area (Å²) in [6.45, 7) is 3.55. The zero-order chi connectivity index (χ0) is 21.0. The molecule has 2 aliphatic heterocycles. The number of anilines is 2. The molecule has 0 bridgehead atoms. The van der Waals surface area contributed by atoms with E-state index >= 15 is 0 Å². The normalized spacial score (nSPS) is 19.4. The predicted octanol–water partition coefficient (Wildman–Crippen LogP) is 2.14. The van der Waals surface area contributed by atoms with Crippen molar-refractivity contribution in [1.82, 2.24) is 25.3 Å². The first kappa shape index (κ1) is 18.2. The van der Waals surface area contributed by atoms with Gasteiger partial charge in [0.05, 0.1) is 34.9 Å². The third-order valence-electron chi connectivity index (χ3n) is 5.15. The SMILES string of the molecule is Cc1nc(N)nc2c1C(=O)N[C@@H](c1ccc(F)cc1-c1cnc3c(n1)OC(C)N3)C2. The summed E-state index contributed by atoms with van der Waals surface area (Å²) in [5.41, 5.74) is 8.94. The number of nitrogens with zero attached hydrogens (tertiary/aromatic N) is 4. The second-order valence-electron chi connectivity index (χ2n) is 7.26. The van der Waals surface area contributed by atoms with Gasteiger partial charge in [0.2, 0.25) is 5.95 Å². The minimum atomic E-state index is -0.442. The zero-order valence-corrected chi connectivity index (χ0v) is 16.2. The maximum absolute atomic E-state index is 14.1. The van der Waals surface area contributed by atoms with Crippen LogP contribution in [0.4, 0.5) is 16.2 Å². The average molecular weight is 407 g/mol. The number of aryl methyl sites for hydroxylation is 1. The lowest BCUT2D eigenvalue weighted by Crippen LogP contribution is -2.37. The van der Waals surface area contributed by atoms with Gasteiger partial charge in [-0.2, -0.15) is 0 Å². The highest BCUT2D eigenvalue weighted by atomic mass is 19.1. The Morgan fingerprint density at radius 1 is 1.23 bits per heavy atom. The van der Waals surface area contributed by atoms with Crippen molar-refractivity contribution in [3.63, 3.8) is 0 Å². The predicted molar refractivity (Wildman–Crippen MR) is 106 cm³/mol. The quantitative estimate of drug-likeness (QED) is 0.589. The fraction of sp³-hybridized carbons (Fsp3) is 0.250. The Labute approximate surface area is 170 Å².